The summed E-state index contributed by atoms with van der Waals surface area (Å²) in [4.78, 5) is 35.3. The highest BCUT2D eigenvalue weighted by Gasteiger charge is 2.27. The second-order valence-electron chi connectivity index (χ2n) is 14.7. The first kappa shape index (κ1) is 52.9. The van der Waals surface area contributed by atoms with Gasteiger partial charge in [0.2, 0.25) is 0 Å². The zero-order valence-electron chi connectivity index (χ0n) is 35.6. The van der Waals surface area contributed by atoms with Crippen LogP contribution in [-0.4, -0.2) is 74.9 Å². The Labute approximate surface area is 341 Å². The molecule has 0 aliphatic rings. The maximum atomic E-state index is 12.6. The van der Waals surface area contributed by atoms with Crippen molar-refractivity contribution in [1.82, 2.24) is 0 Å². The predicted molar refractivity (Wildman–Crippen MR) is 233 cm³/mol. The standard InChI is InChI=1S/C46H76NO8P/c1-6-8-10-12-14-16-18-20-21-22-23-24-25-27-28-30-32-34-36-38-45(48)52-42-44(43-54-56(50,51)53-41-40-47(3,4)5)55-46(49)39-37-35-33-31-29-26-19-17-15-13-11-9-7-2/h8-11,13-17,19-21,26,29,31,33,44H,6-7,12,18,22-25,27-28,30,32,34-43H2,1-5H3/p+1/b10-8+,11-9+,15-13+,16-14+,19-17+,21-20+,29-26+,33-31+. The Balaban J connectivity index is 4.46. The van der Waals surface area contributed by atoms with Crippen LogP contribution in [0.15, 0.2) is 97.2 Å². The molecule has 1 N–H and O–H groups in total. The molecular formula is C46H77NO8P+. The predicted octanol–water partition coefficient (Wildman–Crippen LogP) is 11.8. The fraction of sp³-hybridized carbons (Fsp3) is 0.609. The molecule has 9 nitrogen and oxygen atoms in total. The first-order chi connectivity index (χ1) is 27.0. The lowest BCUT2D eigenvalue weighted by molar-refractivity contribution is -0.870. The number of carbonyl (C=O) groups excluding carboxylic acids is 2. The van der Waals surface area contributed by atoms with Crippen molar-refractivity contribution in [3.8, 4) is 0 Å². The van der Waals surface area contributed by atoms with Gasteiger partial charge in [-0.3, -0.25) is 18.6 Å². The zero-order chi connectivity index (χ0) is 41.4. The number of hydrogen-bond donors (Lipinski definition) is 1. The van der Waals surface area contributed by atoms with Crippen LogP contribution in [0.4, 0.5) is 0 Å². The van der Waals surface area contributed by atoms with Gasteiger partial charge in [0, 0.05) is 12.8 Å². The fourth-order valence-electron chi connectivity index (χ4n) is 5.00. The molecule has 2 unspecified atom stereocenters. The summed E-state index contributed by atoms with van der Waals surface area (Å²) in [6.45, 7) is 4.04. The minimum absolute atomic E-state index is 0.0116. The highest BCUT2D eigenvalue weighted by atomic mass is 31.2. The van der Waals surface area contributed by atoms with E-state index in [0.717, 1.165) is 57.8 Å². The van der Waals surface area contributed by atoms with Crippen LogP contribution in [0.2, 0.25) is 0 Å². The van der Waals surface area contributed by atoms with Crippen molar-refractivity contribution in [2.75, 3.05) is 47.5 Å². The van der Waals surface area contributed by atoms with Gasteiger partial charge in [0.25, 0.3) is 0 Å². The molecule has 0 aromatic heterocycles. The third-order valence-corrected chi connectivity index (χ3v) is 9.22. The van der Waals surface area contributed by atoms with Gasteiger partial charge in [0.05, 0.1) is 27.7 Å². The summed E-state index contributed by atoms with van der Waals surface area (Å²) >= 11 is 0. The number of allylic oxidation sites excluding steroid dienone is 16. The van der Waals surface area contributed by atoms with E-state index in [4.69, 9.17) is 18.5 Å². The molecule has 0 amide bonds. The summed E-state index contributed by atoms with van der Waals surface area (Å²) in [5, 5.41) is 0. The molecule has 0 radical (unpaired) electrons. The molecule has 0 bridgehead atoms. The monoisotopic (exact) mass is 803 g/mol. The summed E-state index contributed by atoms with van der Waals surface area (Å²) in [5.74, 6) is -0.903. The topological polar surface area (TPSA) is 108 Å². The fourth-order valence-corrected chi connectivity index (χ4v) is 5.74. The Bertz CT molecular complexity index is 1270. The molecule has 0 rings (SSSR count). The minimum Gasteiger partial charge on any atom is -0.462 e. The number of nitrogens with zero attached hydrogens (tertiary/aromatic N) is 1. The summed E-state index contributed by atoms with van der Waals surface area (Å²) in [5.41, 5.74) is 0. The van der Waals surface area contributed by atoms with Gasteiger partial charge < -0.3 is 18.9 Å². The lowest BCUT2D eigenvalue weighted by Crippen LogP contribution is -2.37. The maximum Gasteiger partial charge on any atom is 0.472 e. The van der Waals surface area contributed by atoms with Crippen LogP contribution < -0.4 is 0 Å². The quantitative estimate of drug-likeness (QED) is 0.0167. The van der Waals surface area contributed by atoms with E-state index in [2.05, 4.69) is 56.4 Å². The lowest BCUT2D eigenvalue weighted by atomic mass is 10.1. The first-order valence-electron chi connectivity index (χ1n) is 21.0. The highest BCUT2D eigenvalue weighted by Crippen LogP contribution is 2.43. The van der Waals surface area contributed by atoms with Crippen LogP contribution in [0.3, 0.4) is 0 Å². The van der Waals surface area contributed by atoms with Gasteiger partial charge >= 0.3 is 19.8 Å². The number of phosphoric acid groups is 1. The molecule has 0 saturated heterocycles. The third kappa shape index (κ3) is 40.6. The van der Waals surface area contributed by atoms with Gasteiger partial charge in [-0.1, -0.05) is 156 Å². The second kappa shape index (κ2) is 37.5. The summed E-state index contributed by atoms with van der Waals surface area (Å²) in [7, 11) is 1.41. The summed E-state index contributed by atoms with van der Waals surface area (Å²) in [6.07, 6.45) is 49.0. The molecule has 0 saturated carbocycles. The molecular weight excluding hydrogens is 725 g/mol. The second-order valence-corrected chi connectivity index (χ2v) is 16.2. The van der Waals surface area contributed by atoms with Crippen LogP contribution in [0.1, 0.15) is 129 Å². The zero-order valence-corrected chi connectivity index (χ0v) is 36.5. The Morgan fingerprint density at radius 2 is 1.07 bits per heavy atom. The number of hydrogen-bond acceptors (Lipinski definition) is 7. The van der Waals surface area contributed by atoms with E-state index in [1.54, 1.807) is 0 Å². The number of esters is 2. The van der Waals surface area contributed by atoms with Crippen molar-refractivity contribution in [3.05, 3.63) is 97.2 Å². The van der Waals surface area contributed by atoms with Gasteiger partial charge in [-0.05, 0) is 57.8 Å². The molecule has 0 fully saturated rings. The van der Waals surface area contributed by atoms with Crippen LogP contribution in [0.5, 0.6) is 0 Å². The van der Waals surface area contributed by atoms with Crippen LogP contribution in [0, 0.1) is 0 Å². The normalized spacial score (nSPS) is 14.6. The number of carbonyl (C=O) groups is 2. The van der Waals surface area contributed by atoms with E-state index >= 15 is 0 Å². The average molecular weight is 803 g/mol. The Kier molecular flexibility index (Phi) is 35.4. The van der Waals surface area contributed by atoms with Gasteiger partial charge in [-0.15, -0.1) is 0 Å². The van der Waals surface area contributed by atoms with Gasteiger partial charge in [-0.2, -0.15) is 0 Å². The van der Waals surface area contributed by atoms with E-state index in [1.807, 2.05) is 75.8 Å². The van der Waals surface area contributed by atoms with E-state index in [0.29, 0.717) is 23.9 Å². The van der Waals surface area contributed by atoms with E-state index in [1.165, 1.54) is 32.1 Å². The van der Waals surface area contributed by atoms with Crippen molar-refractivity contribution in [2.45, 2.75) is 136 Å². The number of quaternary nitrogens is 1. The van der Waals surface area contributed by atoms with Crippen molar-refractivity contribution >= 4 is 19.8 Å². The molecule has 2 atom stereocenters. The highest BCUT2D eigenvalue weighted by molar-refractivity contribution is 7.47. The van der Waals surface area contributed by atoms with Gasteiger partial charge in [0.1, 0.15) is 19.8 Å². The van der Waals surface area contributed by atoms with Crippen molar-refractivity contribution in [3.63, 3.8) is 0 Å². The Hall–Kier alpha value is -3.07. The molecule has 0 aromatic rings. The van der Waals surface area contributed by atoms with Gasteiger partial charge in [-0.25, -0.2) is 4.57 Å². The number of rotatable bonds is 36. The maximum absolute atomic E-state index is 12.6. The van der Waals surface area contributed by atoms with Crippen LogP contribution in [-0.2, 0) is 32.7 Å². The van der Waals surface area contributed by atoms with Crippen LogP contribution >= 0.6 is 7.82 Å². The molecule has 318 valence electrons. The SMILES string of the molecule is CC/C=C/C=C/C=C/C=C/C=C/CCCC(=O)OC(COC(=O)CCCCCCCCCCC/C=C/C/C=C/C/C=C/CC)COP(=O)(O)OCC[N+](C)(C)C. The number of unbranched alkanes of at least 4 members (excludes halogenated alkanes) is 10. The smallest absolute Gasteiger partial charge is 0.462 e. The largest absolute Gasteiger partial charge is 0.472 e. The summed E-state index contributed by atoms with van der Waals surface area (Å²) < 4.78 is 34.1. The minimum atomic E-state index is -4.40. The molecule has 0 heterocycles. The van der Waals surface area contributed by atoms with Crippen LogP contribution in [0.25, 0.3) is 0 Å². The van der Waals surface area contributed by atoms with E-state index in [9.17, 15) is 19.0 Å². The number of ether oxygens (including phenoxy) is 2. The number of likely N-dealkylation sites (N-methyl/N-ethyl adjacent to an activating group) is 1. The molecule has 56 heavy (non-hydrogen) atoms. The van der Waals surface area contributed by atoms with E-state index < -0.39 is 32.5 Å². The molecule has 10 heteroatoms. The third-order valence-electron chi connectivity index (χ3n) is 8.24. The Morgan fingerprint density at radius 1 is 0.571 bits per heavy atom. The van der Waals surface area contributed by atoms with Crippen molar-refractivity contribution in [2.24, 2.45) is 0 Å². The molecule has 0 aliphatic carbocycles. The van der Waals surface area contributed by atoms with E-state index in [-0.39, 0.29) is 26.1 Å². The number of phosphoric ester groups is 1. The Morgan fingerprint density at radius 3 is 1.68 bits per heavy atom. The molecule has 0 spiro atoms. The van der Waals surface area contributed by atoms with Gasteiger partial charge in [0.15, 0.2) is 6.10 Å². The first-order valence-corrected chi connectivity index (χ1v) is 22.5. The van der Waals surface area contributed by atoms with Crippen molar-refractivity contribution in [1.29, 1.82) is 0 Å². The molecule has 0 aliphatic heterocycles. The lowest BCUT2D eigenvalue weighted by Gasteiger charge is -2.24. The summed E-state index contributed by atoms with van der Waals surface area (Å²) in [6, 6.07) is 0. The average Bonchev–Trinajstić information content (AvgIpc) is 3.15. The van der Waals surface area contributed by atoms with Crippen molar-refractivity contribution < 1.29 is 42.1 Å². The molecule has 0 aromatic carbocycles.